The van der Waals surface area contributed by atoms with Crippen LogP contribution in [0.2, 0.25) is 0 Å². The maximum atomic E-state index is 6.09. The topological polar surface area (TPSA) is 64.6 Å². The molecule has 2 aromatic rings. The first-order chi connectivity index (χ1) is 16.8. The van der Waals surface area contributed by atoms with Crippen LogP contribution in [0.3, 0.4) is 0 Å². The zero-order valence-electron chi connectivity index (χ0n) is 21.2. The third kappa shape index (κ3) is 8.08. The highest BCUT2D eigenvalue weighted by molar-refractivity contribution is 5.14. The van der Waals surface area contributed by atoms with Crippen molar-refractivity contribution in [2.75, 3.05) is 26.4 Å². The Morgan fingerprint density at radius 3 is 1.17 bits per heavy atom. The molecule has 0 N–H and O–H groups in total. The Kier molecular flexibility index (Phi) is 8.94. The maximum absolute atomic E-state index is 6.09. The lowest BCUT2D eigenvalue weighted by Crippen LogP contribution is -2.35. The normalized spacial score (nSPS) is 27.3. The monoisotopic (exact) mass is 486 g/mol. The first-order valence-electron chi connectivity index (χ1n) is 12.3. The highest BCUT2D eigenvalue weighted by Crippen LogP contribution is 2.31. The summed E-state index contributed by atoms with van der Waals surface area (Å²) in [5, 5.41) is 0. The molecule has 0 bridgehead atoms. The van der Waals surface area contributed by atoms with Crippen LogP contribution in [0.25, 0.3) is 0 Å². The summed E-state index contributed by atoms with van der Waals surface area (Å²) in [7, 11) is 0. The van der Waals surface area contributed by atoms with Crippen LogP contribution >= 0.6 is 0 Å². The second kappa shape index (κ2) is 11.9. The van der Waals surface area contributed by atoms with E-state index < -0.39 is 11.6 Å². The van der Waals surface area contributed by atoms with Gasteiger partial charge in [0, 0.05) is 0 Å². The molecule has 4 rings (SSSR count). The van der Waals surface area contributed by atoms with Gasteiger partial charge in [0.2, 0.25) is 0 Å². The van der Waals surface area contributed by atoms with Crippen molar-refractivity contribution < 1.29 is 33.2 Å². The van der Waals surface area contributed by atoms with E-state index in [-0.39, 0.29) is 24.4 Å². The van der Waals surface area contributed by atoms with E-state index in [2.05, 4.69) is 0 Å². The van der Waals surface area contributed by atoms with Crippen LogP contribution in [-0.4, -0.2) is 62.4 Å². The molecule has 2 heterocycles. The van der Waals surface area contributed by atoms with Gasteiger partial charge in [-0.15, -0.1) is 0 Å². The van der Waals surface area contributed by atoms with Crippen LogP contribution in [0.4, 0.5) is 0 Å². The minimum Gasteiger partial charge on any atom is -0.376 e. The summed E-state index contributed by atoms with van der Waals surface area (Å²) in [4.78, 5) is 0. The van der Waals surface area contributed by atoms with Gasteiger partial charge in [-0.3, -0.25) is 0 Å². The molecule has 192 valence electrons. The van der Waals surface area contributed by atoms with Gasteiger partial charge in [-0.2, -0.15) is 0 Å². The molecule has 35 heavy (non-hydrogen) atoms. The van der Waals surface area contributed by atoms with E-state index in [0.717, 1.165) is 11.1 Å². The van der Waals surface area contributed by atoms with E-state index in [4.69, 9.17) is 33.2 Å². The highest BCUT2D eigenvalue weighted by atomic mass is 16.8. The molecule has 2 saturated heterocycles. The Morgan fingerprint density at radius 1 is 0.514 bits per heavy atom. The van der Waals surface area contributed by atoms with Crippen molar-refractivity contribution >= 4 is 0 Å². The van der Waals surface area contributed by atoms with Gasteiger partial charge in [0.25, 0.3) is 0 Å². The maximum Gasteiger partial charge on any atom is 0.163 e. The molecule has 2 aliphatic rings. The van der Waals surface area contributed by atoms with Gasteiger partial charge in [-0.1, -0.05) is 60.7 Å². The molecule has 7 heteroatoms. The predicted octanol–water partition coefficient (Wildman–Crippen LogP) is 4.48. The number of ether oxygens (including phenoxy) is 7. The standard InChI is InChI=1S/C28H38O7/c1-27(2)32-23(17-29-15-21-11-7-5-8-12-21)25(34-27)19-31-20-26-24(33-28(3,4)35-26)18-30-16-22-13-9-6-10-14-22/h5-14,23-26H,15-20H2,1-4H3. The van der Waals surface area contributed by atoms with Crippen LogP contribution in [-0.2, 0) is 46.4 Å². The van der Waals surface area contributed by atoms with Crippen LogP contribution < -0.4 is 0 Å². The van der Waals surface area contributed by atoms with Crippen molar-refractivity contribution in [1.29, 1.82) is 0 Å². The summed E-state index contributed by atoms with van der Waals surface area (Å²) in [6, 6.07) is 20.2. The summed E-state index contributed by atoms with van der Waals surface area (Å²) in [6.45, 7) is 10.3. The van der Waals surface area contributed by atoms with Crippen molar-refractivity contribution in [1.82, 2.24) is 0 Å². The van der Waals surface area contributed by atoms with Gasteiger partial charge in [0.05, 0.1) is 39.6 Å². The van der Waals surface area contributed by atoms with Crippen molar-refractivity contribution in [3.8, 4) is 0 Å². The van der Waals surface area contributed by atoms with Crippen molar-refractivity contribution in [3.05, 3.63) is 71.8 Å². The number of rotatable bonds is 12. The van der Waals surface area contributed by atoms with Gasteiger partial charge in [-0.05, 0) is 38.8 Å². The lowest BCUT2D eigenvalue weighted by Gasteiger charge is -2.20. The molecule has 7 nitrogen and oxygen atoms in total. The second-order valence-corrected chi connectivity index (χ2v) is 9.96. The Balaban J connectivity index is 1.23. The SMILES string of the molecule is CC1(C)OC(COCc2ccccc2)C(COCC2OC(C)(C)OC2COCc2ccccc2)O1. The molecule has 2 aromatic carbocycles. The zero-order valence-corrected chi connectivity index (χ0v) is 21.2. The van der Waals surface area contributed by atoms with Gasteiger partial charge in [-0.25, -0.2) is 0 Å². The van der Waals surface area contributed by atoms with Crippen LogP contribution in [0.15, 0.2) is 60.7 Å². The second-order valence-electron chi connectivity index (χ2n) is 9.96. The van der Waals surface area contributed by atoms with Gasteiger partial charge < -0.3 is 33.2 Å². The Labute approximate surface area is 208 Å². The minimum atomic E-state index is -0.683. The predicted molar refractivity (Wildman–Crippen MR) is 131 cm³/mol. The summed E-state index contributed by atoms with van der Waals surface area (Å²) in [5.41, 5.74) is 2.25. The fraction of sp³-hybridized carbons (Fsp3) is 0.571. The number of hydrogen-bond acceptors (Lipinski definition) is 7. The van der Waals surface area contributed by atoms with Crippen LogP contribution in [0, 0.1) is 0 Å². The Hall–Kier alpha value is -1.84. The summed E-state index contributed by atoms with van der Waals surface area (Å²) in [5.74, 6) is -1.37. The molecule has 0 amide bonds. The molecule has 0 radical (unpaired) electrons. The summed E-state index contributed by atoms with van der Waals surface area (Å²) >= 11 is 0. The van der Waals surface area contributed by atoms with E-state index in [0.29, 0.717) is 39.6 Å². The van der Waals surface area contributed by atoms with E-state index in [1.165, 1.54) is 0 Å². The van der Waals surface area contributed by atoms with E-state index in [1.54, 1.807) is 0 Å². The summed E-state index contributed by atoms with van der Waals surface area (Å²) < 4.78 is 42.2. The number of benzene rings is 2. The average Bonchev–Trinajstić information content (AvgIpc) is 3.28. The molecule has 4 unspecified atom stereocenters. The molecule has 0 aliphatic carbocycles. The molecule has 0 saturated carbocycles. The van der Waals surface area contributed by atoms with Crippen LogP contribution in [0.1, 0.15) is 38.8 Å². The fourth-order valence-electron chi connectivity index (χ4n) is 4.42. The molecule has 0 aromatic heterocycles. The highest BCUT2D eigenvalue weighted by Gasteiger charge is 2.43. The first-order valence-corrected chi connectivity index (χ1v) is 12.3. The van der Waals surface area contributed by atoms with Crippen molar-refractivity contribution in [3.63, 3.8) is 0 Å². The Morgan fingerprint density at radius 2 is 0.829 bits per heavy atom. The molecule has 0 spiro atoms. The summed E-state index contributed by atoms with van der Waals surface area (Å²) in [6.07, 6.45) is -0.889. The van der Waals surface area contributed by atoms with E-state index in [9.17, 15) is 0 Å². The molecule has 2 aliphatic heterocycles. The quantitative estimate of drug-likeness (QED) is 0.438. The fourth-order valence-corrected chi connectivity index (χ4v) is 4.42. The largest absolute Gasteiger partial charge is 0.376 e. The van der Waals surface area contributed by atoms with Crippen molar-refractivity contribution in [2.45, 2.75) is 76.9 Å². The molecule has 2 fully saturated rings. The third-order valence-electron chi connectivity index (χ3n) is 5.92. The van der Waals surface area contributed by atoms with Gasteiger partial charge >= 0.3 is 0 Å². The Bertz CT molecular complexity index is 813. The van der Waals surface area contributed by atoms with Gasteiger partial charge in [0.15, 0.2) is 11.6 Å². The van der Waals surface area contributed by atoms with Gasteiger partial charge in [0.1, 0.15) is 24.4 Å². The third-order valence-corrected chi connectivity index (χ3v) is 5.92. The molecule has 4 atom stereocenters. The smallest absolute Gasteiger partial charge is 0.163 e. The lowest BCUT2D eigenvalue weighted by molar-refractivity contribution is -0.160. The first kappa shape index (κ1) is 26.2. The average molecular weight is 487 g/mol. The lowest BCUT2D eigenvalue weighted by atomic mass is 10.2. The minimum absolute atomic E-state index is 0.212. The van der Waals surface area contributed by atoms with Crippen molar-refractivity contribution in [2.24, 2.45) is 0 Å². The molecular formula is C28H38O7. The molecular weight excluding hydrogens is 448 g/mol. The van der Waals surface area contributed by atoms with E-state index in [1.807, 2.05) is 88.4 Å². The zero-order chi connectivity index (χ0) is 24.7. The number of hydrogen-bond donors (Lipinski definition) is 0. The van der Waals surface area contributed by atoms with E-state index >= 15 is 0 Å². The van der Waals surface area contributed by atoms with Crippen LogP contribution in [0.5, 0.6) is 0 Å².